The van der Waals surface area contributed by atoms with E-state index in [0.29, 0.717) is 31.7 Å². The van der Waals surface area contributed by atoms with Crippen LogP contribution in [0.25, 0.3) is 0 Å². The number of nitrogens with zero attached hydrogens (tertiary/aromatic N) is 1. The summed E-state index contributed by atoms with van der Waals surface area (Å²) in [6, 6.07) is 10.1. The van der Waals surface area contributed by atoms with Gasteiger partial charge >= 0.3 is 6.18 Å². The van der Waals surface area contributed by atoms with Gasteiger partial charge in [0.25, 0.3) is 11.8 Å². The number of nitrogens with one attached hydrogen (secondary N) is 1. The number of halogens is 3. The van der Waals surface area contributed by atoms with Crippen LogP contribution in [0.1, 0.15) is 35.7 Å². The number of aromatic hydroxyl groups is 1. The molecule has 1 heterocycles. The molecule has 1 fully saturated rings. The molecule has 3 rings (SSSR count). The number of ether oxygens (including phenoxy) is 1. The molecule has 1 unspecified atom stereocenters. The van der Waals surface area contributed by atoms with Crippen LogP contribution in [0.3, 0.4) is 0 Å². The van der Waals surface area contributed by atoms with Crippen molar-refractivity contribution < 1.29 is 32.6 Å². The van der Waals surface area contributed by atoms with Crippen molar-refractivity contribution in [3.05, 3.63) is 59.7 Å². The molecule has 0 radical (unpaired) electrons. The Morgan fingerprint density at radius 2 is 1.65 bits per heavy atom. The SMILES string of the molecule is CC(Oc1ccc(O)cc1)C(=O)NC1CCN(C(=O)c2ccc(C(F)(F)F)cc2)CC1. The number of rotatable bonds is 5. The number of carbonyl (C=O) groups excluding carboxylic acids is 2. The maximum Gasteiger partial charge on any atom is 0.416 e. The third-order valence-corrected chi connectivity index (χ3v) is 5.11. The highest BCUT2D eigenvalue weighted by Crippen LogP contribution is 2.29. The van der Waals surface area contributed by atoms with Crippen molar-refractivity contribution >= 4 is 11.8 Å². The first kappa shape index (κ1) is 22.5. The van der Waals surface area contributed by atoms with Crippen molar-refractivity contribution in [3.8, 4) is 11.5 Å². The van der Waals surface area contributed by atoms with Gasteiger partial charge in [0.2, 0.25) is 0 Å². The van der Waals surface area contributed by atoms with Gasteiger partial charge in [0.15, 0.2) is 6.10 Å². The molecule has 1 aliphatic heterocycles. The van der Waals surface area contributed by atoms with E-state index in [-0.39, 0.29) is 29.2 Å². The van der Waals surface area contributed by atoms with Gasteiger partial charge in [0, 0.05) is 24.7 Å². The first-order chi connectivity index (χ1) is 14.6. The Labute approximate surface area is 177 Å². The summed E-state index contributed by atoms with van der Waals surface area (Å²) < 4.78 is 43.6. The van der Waals surface area contributed by atoms with E-state index in [9.17, 15) is 27.9 Å². The number of likely N-dealkylation sites (tertiary alicyclic amines) is 1. The summed E-state index contributed by atoms with van der Waals surface area (Å²) in [5, 5.41) is 12.2. The Balaban J connectivity index is 1.48. The molecule has 6 nitrogen and oxygen atoms in total. The number of alkyl halides is 3. The van der Waals surface area contributed by atoms with Gasteiger partial charge in [-0.15, -0.1) is 0 Å². The maximum absolute atomic E-state index is 12.7. The molecule has 0 aliphatic carbocycles. The van der Waals surface area contributed by atoms with Crippen LogP contribution in [0.2, 0.25) is 0 Å². The van der Waals surface area contributed by atoms with Crippen LogP contribution in [0.4, 0.5) is 13.2 Å². The molecule has 166 valence electrons. The molecule has 31 heavy (non-hydrogen) atoms. The van der Waals surface area contributed by atoms with Crippen LogP contribution >= 0.6 is 0 Å². The molecule has 0 bridgehead atoms. The van der Waals surface area contributed by atoms with E-state index in [2.05, 4.69) is 5.32 Å². The Kier molecular flexibility index (Phi) is 6.72. The molecule has 2 N–H and O–H groups in total. The molecule has 1 saturated heterocycles. The smallest absolute Gasteiger partial charge is 0.416 e. The van der Waals surface area contributed by atoms with Crippen molar-refractivity contribution in [2.24, 2.45) is 0 Å². The average Bonchev–Trinajstić information content (AvgIpc) is 2.75. The van der Waals surface area contributed by atoms with Crippen molar-refractivity contribution in [2.75, 3.05) is 13.1 Å². The summed E-state index contributed by atoms with van der Waals surface area (Å²) in [6.45, 7) is 2.39. The standard InChI is InChI=1S/C22H23F3N2O4/c1-14(31-19-8-6-18(28)7-9-19)20(29)26-17-10-12-27(13-11-17)21(30)15-2-4-16(5-3-15)22(23,24)25/h2-9,14,17,28H,10-13H2,1H3,(H,26,29). The maximum atomic E-state index is 12.7. The molecule has 0 aromatic heterocycles. The van der Waals surface area contributed by atoms with E-state index in [0.717, 1.165) is 12.1 Å². The van der Waals surface area contributed by atoms with Gasteiger partial charge in [-0.25, -0.2) is 0 Å². The quantitative estimate of drug-likeness (QED) is 0.751. The minimum atomic E-state index is -4.44. The molecule has 0 saturated carbocycles. The van der Waals surface area contributed by atoms with Crippen molar-refractivity contribution in [3.63, 3.8) is 0 Å². The van der Waals surface area contributed by atoms with Crippen molar-refractivity contribution in [1.29, 1.82) is 0 Å². The fourth-order valence-corrected chi connectivity index (χ4v) is 3.31. The van der Waals surface area contributed by atoms with E-state index in [1.807, 2.05) is 0 Å². The lowest BCUT2D eigenvalue weighted by Gasteiger charge is -2.33. The summed E-state index contributed by atoms with van der Waals surface area (Å²) in [5.41, 5.74) is -0.597. The summed E-state index contributed by atoms with van der Waals surface area (Å²) >= 11 is 0. The van der Waals surface area contributed by atoms with Gasteiger partial charge in [-0.1, -0.05) is 0 Å². The Hall–Kier alpha value is -3.23. The number of phenolic OH excluding ortho intramolecular Hbond substituents is 1. The van der Waals surface area contributed by atoms with Gasteiger partial charge < -0.3 is 20.1 Å². The van der Waals surface area contributed by atoms with Crippen LogP contribution in [-0.2, 0) is 11.0 Å². The van der Waals surface area contributed by atoms with Gasteiger partial charge in [-0.05, 0) is 68.3 Å². The van der Waals surface area contributed by atoms with E-state index < -0.39 is 17.8 Å². The Morgan fingerprint density at radius 3 is 2.19 bits per heavy atom. The fourth-order valence-electron chi connectivity index (χ4n) is 3.31. The van der Waals surface area contributed by atoms with Gasteiger partial charge in [-0.2, -0.15) is 13.2 Å². The summed E-state index contributed by atoms with van der Waals surface area (Å²) in [5.74, 6) is -0.0670. The summed E-state index contributed by atoms with van der Waals surface area (Å²) in [7, 11) is 0. The minimum absolute atomic E-state index is 0.0991. The number of piperidine rings is 1. The first-order valence-electron chi connectivity index (χ1n) is 9.86. The molecule has 2 aromatic rings. The van der Waals surface area contributed by atoms with E-state index in [4.69, 9.17) is 4.74 Å². The molecular weight excluding hydrogens is 413 g/mol. The Bertz CT molecular complexity index is 906. The third-order valence-electron chi connectivity index (χ3n) is 5.11. The number of phenols is 1. The predicted molar refractivity (Wildman–Crippen MR) is 107 cm³/mol. The highest BCUT2D eigenvalue weighted by atomic mass is 19.4. The fraction of sp³-hybridized carbons (Fsp3) is 0.364. The molecule has 0 spiro atoms. The second kappa shape index (κ2) is 9.28. The van der Waals surface area contributed by atoms with Crippen LogP contribution < -0.4 is 10.1 Å². The zero-order valence-corrected chi connectivity index (χ0v) is 16.9. The van der Waals surface area contributed by atoms with E-state index >= 15 is 0 Å². The highest BCUT2D eigenvalue weighted by Gasteiger charge is 2.31. The van der Waals surface area contributed by atoms with Crippen LogP contribution in [0.15, 0.2) is 48.5 Å². The molecule has 2 aromatic carbocycles. The highest BCUT2D eigenvalue weighted by molar-refractivity contribution is 5.94. The van der Waals surface area contributed by atoms with Gasteiger partial charge in [0.05, 0.1) is 5.56 Å². The van der Waals surface area contributed by atoms with Crippen LogP contribution in [0, 0.1) is 0 Å². The van der Waals surface area contributed by atoms with Crippen LogP contribution in [0.5, 0.6) is 11.5 Å². The number of amides is 2. The lowest BCUT2D eigenvalue weighted by atomic mass is 10.0. The monoisotopic (exact) mass is 436 g/mol. The normalized spacial score (nSPS) is 15.9. The second-order valence-corrected chi connectivity index (χ2v) is 7.40. The lowest BCUT2D eigenvalue weighted by Crippen LogP contribution is -2.49. The number of hydrogen-bond acceptors (Lipinski definition) is 4. The predicted octanol–water partition coefficient (Wildman–Crippen LogP) is 3.60. The second-order valence-electron chi connectivity index (χ2n) is 7.40. The molecule has 9 heteroatoms. The topological polar surface area (TPSA) is 78.9 Å². The lowest BCUT2D eigenvalue weighted by molar-refractivity contribution is -0.137. The summed E-state index contributed by atoms with van der Waals surface area (Å²) in [4.78, 5) is 26.5. The molecule has 2 amide bonds. The van der Waals surface area contributed by atoms with E-state index in [1.54, 1.807) is 24.0 Å². The number of carbonyl (C=O) groups is 2. The number of benzene rings is 2. The minimum Gasteiger partial charge on any atom is -0.508 e. The zero-order valence-electron chi connectivity index (χ0n) is 16.9. The van der Waals surface area contributed by atoms with Crippen LogP contribution in [-0.4, -0.2) is 47.1 Å². The summed E-state index contributed by atoms with van der Waals surface area (Å²) in [6.07, 6.45) is -4.12. The van der Waals surface area contributed by atoms with E-state index in [1.165, 1.54) is 24.3 Å². The first-order valence-corrected chi connectivity index (χ1v) is 9.86. The van der Waals surface area contributed by atoms with Gasteiger partial charge in [-0.3, -0.25) is 9.59 Å². The van der Waals surface area contributed by atoms with Crippen molar-refractivity contribution in [2.45, 2.75) is 38.1 Å². The average molecular weight is 436 g/mol. The van der Waals surface area contributed by atoms with Gasteiger partial charge in [0.1, 0.15) is 11.5 Å². The third kappa shape index (κ3) is 5.90. The molecule has 1 aliphatic rings. The molecular formula is C22H23F3N2O4. The largest absolute Gasteiger partial charge is 0.508 e. The Morgan fingerprint density at radius 1 is 1.06 bits per heavy atom. The number of hydrogen-bond donors (Lipinski definition) is 2. The molecule has 1 atom stereocenters. The zero-order chi connectivity index (χ0) is 22.6. The van der Waals surface area contributed by atoms with Crippen molar-refractivity contribution in [1.82, 2.24) is 10.2 Å².